The van der Waals surface area contributed by atoms with Gasteiger partial charge in [-0.3, -0.25) is 4.79 Å². The van der Waals surface area contributed by atoms with Gasteiger partial charge in [0, 0.05) is 19.8 Å². The Balaban J connectivity index is 1.56. The van der Waals surface area contributed by atoms with Crippen LogP contribution in [0, 0.1) is 5.92 Å². The van der Waals surface area contributed by atoms with Gasteiger partial charge in [-0.2, -0.15) is 0 Å². The van der Waals surface area contributed by atoms with Crippen LogP contribution in [-0.2, 0) is 9.53 Å². The van der Waals surface area contributed by atoms with Crippen molar-refractivity contribution in [2.45, 2.75) is 44.6 Å². The lowest BCUT2D eigenvalue weighted by molar-refractivity contribution is -0.124. The Kier molecular flexibility index (Phi) is 6.76. The van der Waals surface area contributed by atoms with E-state index in [2.05, 4.69) is 10.2 Å². The fourth-order valence-electron chi connectivity index (χ4n) is 3.10. The average Bonchev–Trinajstić information content (AvgIpc) is 2.52. The van der Waals surface area contributed by atoms with Gasteiger partial charge in [-0.05, 0) is 57.7 Å². The minimum Gasteiger partial charge on any atom is -0.381 e. The summed E-state index contributed by atoms with van der Waals surface area (Å²) >= 11 is 0. The third kappa shape index (κ3) is 5.04. The number of likely N-dealkylation sites (tertiary alicyclic amines) is 1. The Labute approximate surface area is 122 Å². The molecule has 20 heavy (non-hydrogen) atoms. The van der Waals surface area contributed by atoms with Crippen LogP contribution in [0.15, 0.2) is 0 Å². The third-order valence-electron chi connectivity index (χ3n) is 4.48. The van der Waals surface area contributed by atoms with Crippen molar-refractivity contribution in [1.29, 1.82) is 0 Å². The highest BCUT2D eigenvalue weighted by Crippen LogP contribution is 2.17. The van der Waals surface area contributed by atoms with E-state index in [1.165, 1.54) is 32.4 Å². The molecule has 2 aliphatic heterocycles. The summed E-state index contributed by atoms with van der Waals surface area (Å²) in [6.45, 7) is 5.74. The number of nitrogens with two attached hydrogens (primary N) is 1. The summed E-state index contributed by atoms with van der Waals surface area (Å²) in [5, 5.41) is 2.99. The normalized spacial score (nSPS) is 23.4. The SMILES string of the molecule is NC(C(=O)NCCCN1CCCCC1)C1CCOCC1. The maximum absolute atomic E-state index is 12.0. The van der Waals surface area contributed by atoms with E-state index in [0.717, 1.165) is 45.6 Å². The number of carbonyl (C=O) groups is 1. The van der Waals surface area contributed by atoms with Gasteiger partial charge in [0.2, 0.25) is 5.91 Å². The van der Waals surface area contributed by atoms with E-state index in [4.69, 9.17) is 10.5 Å². The molecule has 2 rings (SSSR count). The van der Waals surface area contributed by atoms with E-state index in [1.807, 2.05) is 0 Å². The summed E-state index contributed by atoms with van der Waals surface area (Å²) in [7, 11) is 0. The fourth-order valence-corrected chi connectivity index (χ4v) is 3.10. The zero-order valence-corrected chi connectivity index (χ0v) is 12.5. The summed E-state index contributed by atoms with van der Waals surface area (Å²) in [6.07, 6.45) is 6.84. The summed E-state index contributed by atoms with van der Waals surface area (Å²) in [4.78, 5) is 14.5. The van der Waals surface area contributed by atoms with Crippen LogP contribution in [0.5, 0.6) is 0 Å². The molecule has 2 aliphatic rings. The quantitative estimate of drug-likeness (QED) is 0.705. The maximum Gasteiger partial charge on any atom is 0.237 e. The van der Waals surface area contributed by atoms with E-state index in [0.29, 0.717) is 0 Å². The van der Waals surface area contributed by atoms with Crippen LogP contribution in [-0.4, -0.2) is 56.2 Å². The van der Waals surface area contributed by atoms with Gasteiger partial charge in [-0.25, -0.2) is 0 Å². The smallest absolute Gasteiger partial charge is 0.237 e. The van der Waals surface area contributed by atoms with E-state index < -0.39 is 0 Å². The molecule has 0 aromatic carbocycles. The van der Waals surface area contributed by atoms with Crippen LogP contribution < -0.4 is 11.1 Å². The van der Waals surface area contributed by atoms with Crippen molar-refractivity contribution in [1.82, 2.24) is 10.2 Å². The second-order valence-corrected chi connectivity index (χ2v) is 6.02. The molecule has 2 saturated heterocycles. The molecule has 0 aromatic rings. The Bertz CT molecular complexity index is 287. The Morgan fingerprint density at radius 3 is 2.65 bits per heavy atom. The Morgan fingerprint density at radius 2 is 1.95 bits per heavy atom. The van der Waals surface area contributed by atoms with Crippen molar-refractivity contribution in [2.75, 3.05) is 39.4 Å². The predicted molar refractivity (Wildman–Crippen MR) is 79.4 cm³/mol. The lowest BCUT2D eigenvalue weighted by Gasteiger charge is -2.27. The van der Waals surface area contributed by atoms with Gasteiger partial charge in [-0.1, -0.05) is 6.42 Å². The molecule has 5 nitrogen and oxygen atoms in total. The van der Waals surface area contributed by atoms with Crippen LogP contribution in [0.1, 0.15) is 38.5 Å². The molecule has 0 spiro atoms. The van der Waals surface area contributed by atoms with Crippen molar-refractivity contribution >= 4 is 5.91 Å². The van der Waals surface area contributed by atoms with Crippen LogP contribution in [0.4, 0.5) is 0 Å². The summed E-state index contributed by atoms with van der Waals surface area (Å²) in [6, 6.07) is -0.367. The molecule has 2 fully saturated rings. The number of piperidine rings is 1. The summed E-state index contributed by atoms with van der Waals surface area (Å²) in [5.41, 5.74) is 6.04. The molecule has 1 amide bonds. The molecule has 0 bridgehead atoms. The van der Waals surface area contributed by atoms with Crippen molar-refractivity contribution in [2.24, 2.45) is 11.7 Å². The molecule has 0 aromatic heterocycles. The number of nitrogens with one attached hydrogen (secondary N) is 1. The number of ether oxygens (including phenoxy) is 1. The van der Waals surface area contributed by atoms with Gasteiger partial charge < -0.3 is 20.7 Å². The minimum atomic E-state index is -0.367. The number of rotatable bonds is 6. The zero-order chi connectivity index (χ0) is 14.2. The van der Waals surface area contributed by atoms with Crippen molar-refractivity contribution in [3.8, 4) is 0 Å². The zero-order valence-electron chi connectivity index (χ0n) is 12.5. The molecule has 1 unspecified atom stereocenters. The second kappa shape index (κ2) is 8.60. The molecule has 2 heterocycles. The standard InChI is InChI=1S/C15H29N3O2/c16-14(13-5-11-20-12-6-13)15(19)17-7-4-10-18-8-2-1-3-9-18/h13-14H,1-12,16H2,(H,17,19). The molecular formula is C15H29N3O2. The van der Waals surface area contributed by atoms with Gasteiger partial charge >= 0.3 is 0 Å². The number of hydrogen-bond donors (Lipinski definition) is 2. The monoisotopic (exact) mass is 283 g/mol. The number of carbonyl (C=O) groups excluding carboxylic acids is 1. The Hall–Kier alpha value is -0.650. The highest BCUT2D eigenvalue weighted by molar-refractivity contribution is 5.81. The van der Waals surface area contributed by atoms with E-state index in [-0.39, 0.29) is 17.9 Å². The van der Waals surface area contributed by atoms with Crippen molar-refractivity contribution < 1.29 is 9.53 Å². The van der Waals surface area contributed by atoms with Gasteiger partial charge in [0.15, 0.2) is 0 Å². The Morgan fingerprint density at radius 1 is 1.25 bits per heavy atom. The van der Waals surface area contributed by atoms with Crippen molar-refractivity contribution in [3.63, 3.8) is 0 Å². The molecule has 5 heteroatoms. The topological polar surface area (TPSA) is 67.6 Å². The summed E-state index contributed by atoms with van der Waals surface area (Å²) in [5.74, 6) is 0.293. The largest absolute Gasteiger partial charge is 0.381 e. The molecule has 116 valence electrons. The first-order valence-corrected chi connectivity index (χ1v) is 8.11. The number of nitrogens with zero attached hydrogens (tertiary/aromatic N) is 1. The van der Waals surface area contributed by atoms with Gasteiger partial charge in [0.1, 0.15) is 0 Å². The lowest BCUT2D eigenvalue weighted by Crippen LogP contribution is -2.47. The fraction of sp³-hybridized carbons (Fsp3) is 0.933. The van der Waals surface area contributed by atoms with E-state index >= 15 is 0 Å². The second-order valence-electron chi connectivity index (χ2n) is 6.02. The number of hydrogen-bond acceptors (Lipinski definition) is 4. The number of amides is 1. The average molecular weight is 283 g/mol. The highest BCUT2D eigenvalue weighted by Gasteiger charge is 2.26. The molecular weight excluding hydrogens is 254 g/mol. The minimum absolute atomic E-state index is 0.00976. The van der Waals surface area contributed by atoms with Gasteiger partial charge in [0.25, 0.3) is 0 Å². The first kappa shape index (κ1) is 15.7. The van der Waals surface area contributed by atoms with Crippen LogP contribution in [0.25, 0.3) is 0 Å². The molecule has 0 radical (unpaired) electrons. The van der Waals surface area contributed by atoms with Crippen molar-refractivity contribution in [3.05, 3.63) is 0 Å². The van der Waals surface area contributed by atoms with Gasteiger partial charge in [-0.15, -0.1) is 0 Å². The highest BCUT2D eigenvalue weighted by atomic mass is 16.5. The van der Waals surface area contributed by atoms with Gasteiger partial charge in [0.05, 0.1) is 6.04 Å². The predicted octanol–water partition coefficient (Wildman–Crippen LogP) is 0.732. The van der Waals surface area contributed by atoms with E-state index in [1.54, 1.807) is 0 Å². The van der Waals surface area contributed by atoms with Crippen LogP contribution >= 0.6 is 0 Å². The van der Waals surface area contributed by atoms with Crippen LogP contribution in [0.2, 0.25) is 0 Å². The summed E-state index contributed by atoms with van der Waals surface area (Å²) < 4.78 is 5.30. The lowest BCUT2D eigenvalue weighted by atomic mass is 9.92. The molecule has 0 saturated carbocycles. The first-order valence-electron chi connectivity index (χ1n) is 8.11. The van der Waals surface area contributed by atoms with E-state index in [9.17, 15) is 4.79 Å². The maximum atomic E-state index is 12.0. The molecule has 3 N–H and O–H groups in total. The van der Waals surface area contributed by atoms with Crippen LogP contribution in [0.3, 0.4) is 0 Å². The first-order chi connectivity index (χ1) is 9.77. The third-order valence-corrected chi connectivity index (χ3v) is 4.48. The molecule has 0 aliphatic carbocycles. The molecule has 1 atom stereocenters.